The van der Waals surface area contributed by atoms with E-state index in [2.05, 4.69) is 0 Å². The molecule has 0 aromatic rings. The van der Waals surface area contributed by atoms with Gasteiger partial charge in [0.05, 0.1) is 13.0 Å². The Morgan fingerprint density at radius 3 is 2.50 bits per heavy atom. The van der Waals surface area contributed by atoms with Crippen LogP contribution in [0.4, 0.5) is 4.79 Å². The fraction of sp³-hybridized carbons (Fsp3) is 0.769. The minimum absolute atomic E-state index is 0.275. The molecule has 0 saturated carbocycles. The number of likely N-dealkylation sites (tertiary alicyclic amines) is 2. The number of ether oxygens (including phenoxy) is 1. The molecule has 0 spiro atoms. The molecule has 2 atom stereocenters. The summed E-state index contributed by atoms with van der Waals surface area (Å²) in [6.45, 7) is 1.35. The number of amides is 2. The van der Waals surface area contributed by atoms with Crippen molar-refractivity contribution in [1.29, 1.82) is 0 Å². The summed E-state index contributed by atoms with van der Waals surface area (Å²) in [4.78, 5) is 38.1. The molecular weight excluding hydrogens is 264 g/mol. The smallest absolute Gasteiger partial charge is 0.326 e. The zero-order valence-electron chi connectivity index (χ0n) is 11.6. The van der Waals surface area contributed by atoms with Gasteiger partial charge in [-0.3, -0.25) is 4.79 Å². The van der Waals surface area contributed by atoms with Gasteiger partial charge in [0.2, 0.25) is 0 Å². The van der Waals surface area contributed by atoms with Crippen molar-refractivity contribution >= 4 is 18.0 Å². The number of carboxylic acid groups (broad SMARTS) is 1. The second-order valence-corrected chi connectivity index (χ2v) is 5.28. The van der Waals surface area contributed by atoms with E-state index in [1.54, 1.807) is 4.90 Å². The average Bonchev–Trinajstić information content (AvgIpc) is 2.95. The third kappa shape index (κ3) is 2.86. The number of carbonyl (C=O) groups excluding carboxylic acids is 2. The van der Waals surface area contributed by atoms with Crippen molar-refractivity contribution < 1.29 is 24.2 Å². The minimum atomic E-state index is -0.961. The van der Waals surface area contributed by atoms with Gasteiger partial charge in [-0.1, -0.05) is 0 Å². The Morgan fingerprint density at radius 2 is 1.85 bits per heavy atom. The van der Waals surface area contributed by atoms with Crippen LogP contribution in [-0.4, -0.2) is 65.7 Å². The van der Waals surface area contributed by atoms with E-state index in [0.29, 0.717) is 38.9 Å². The molecule has 2 unspecified atom stereocenters. The average molecular weight is 284 g/mol. The molecular formula is C13H20N2O5. The van der Waals surface area contributed by atoms with Crippen LogP contribution in [0.3, 0.4) is 0 Å². The molecule has 0 aromatic carbocycles. The van der Waals surface area contributed by atoms with Gasteiger partial charge in [-0.05, 0) is 25.7 Å². The van der Waals surface area contributed by atoms with Crippen LogP contribution in [0, 0.1) is 5.92 Å². The number of hydrogen-bond acceptors (Lipinski definition) is 4. The molecule has 0 aliphatic carbocycles. The Labute approximate surface area is 117 Å². The molecule has 0 bridgehead atoms. The minimum Gasteiger partial charge on any atom is -0.480 e. The molecule has 0 radical (unpaired) electrons. The Kier molecular flexibility index (Phi) is 4.46. The number of carboxylic acids is 1. The summed E-state index contributed by atoms with van der Waals surface area (Å²) >= 11 is 0. The van der Waals surface area contributed by atoms with Crippen LogP contribution in [0.2, 0.25) is 0 Å². The number of methoxy groups -OCH3 is 1. The Bertz CT molecular complexity index is 412. The highest BCUT2D eigenvalue weighted by molar-refractivity contribution is 5.84. The quantitative estimate of drug-likeness (QED) is 0.748. The first kappa shape index (κ1) is 14.6. The molecule has 2 amide bonds. The van der Waals surface area contributed by atoms with Crippen molar-refractivity contribution in [1.82, 2.24) is 9.80 Å². The van der Waals surface area contributed by atoms with Crippen molar-refractivity contribution in [2.24, 2.45) is 5.92 Å². The van der Waals surface area contributed by atoms with Gasteiger partial charge in [-0.25, -0.2) is 9.59 Å². The van der Waals surface area contributed by atoms with Gasteiger partial charge < -0.3 is 19.6 Å². The van der Waals surface area contributed by atoms with Crippen molar-refractivity contribution in [2.75, 3.05) is 26.7 Å². The number of aliphatic carboxylic acids is 1. The first-order valence-electron chi connectivity index (χ1n) is 6.90. The third-order valence-electron chi connectivity index (χ3n) is 4.01. The van der Waals surface area contributed by atoms with Crippen LogP contribution < -0.4 is 0 Å². The van der Waals surface area contributed by atoms with Crippen molar-refractivity contribution in [3.05, 3.63) is 0 Å². The van der Waals surface area contributed by atoms with Crippen LogP contribution in [0.15, 0.2) is 0 Å². The second-order valence-electron chi connectivity index (χ2n) is 5.28. The summed E-state index contributed by atoms with van der Waals surface area (Å²) in [6.07, 6.45) is 2.64. The van der Waals surface area contributed by atoms with Crippen molar-refractivity contribution in [3.63, 3.8) is 0 Å². The van der Waals surface area contributed by atoms with Gasteiger partial charge in [0, 0.05) is 19.6 Å². The summed E-state index contributed by atoms with van der Waals surface area (Å²) in [5, 5.41) is 9.12. The number of piperidine rings is 1. The molecule has 112 valence electrons. The molecule has 1 N–H and O–H groups in total. The third-order valence-corrected chi connectivity index (χ3v) is 4.01. The normalized spacial score (nSPS) is 26.4. The van der Waals surface area contributed by atoms with Gasteiger partial charge in [0.15, 0.2) is 0 Å². The second kappa shape index (κ2) is 6.11. The van der Waals surface area contributed by atoms with E-state index in [0.717, 1.165) is 6.42 Å². The van der Waals surface area contributed by atoms with Gasteiger partial charge in [-0.15, -0.1) is 0 Å². The highest BCUT2D eigenvalue weighted by atomic mass is 16.5. The molecule has 2 heterocycles. The van der Waals surface area contributed by atoms with Gasteiger partial charge in [0.1, 0.15) is 6.04 Å². The van der Waals surface area contributed by atoms with Gasteiger partial charge in [-0.2, -0.15) is 0 Å². The van der Waals surface area contributed by atoms with Crippen LogP contribution in [0.5, 0.6) is 0 Å². The van der Waals surface area contributed by atoms with E-state index in [1.807, 2.05) is 0 Å². The summed E-state index contributed by atoms with van der Waals surface area (Å²) < 4.78 is 4.72. The predicted octanol–water partition coefficient (Wildman–Crippen LogP) is 0.540. The number of carbonyl (C=O) groups is 3. The molecule has 7 heteroatoms. The number of nitrogens with zero attached hydrogens (tertiary/aromatic N) is 2. The van der Waals surface area contributed by atoms with E-state index in [9.17, 15) is 14.4 Å². The lowest BCUT2D eigenvalue weighted by molar-refractivity contribution is -0.147. The van der Waals surface area contributed by atoms with Crippen molar-refractivity contribution in [2.45, 2.75) is 31.7 Å². The first-order valence-corrected chi connectivity index (χ1v) is 6.90. The maximum Gasteiger partial charge on any atom is 0.326 e. The Hall–Kier alpha value is -1.79. The summed E-state index contributed by atoms with van der Waals surface area (Å²) in [5.41, 5.74) is 0. The van der Waals surface area contributed by atoms with Crippen LogP contribution in [-0.2, 0) is 14.3 Å². The van der Waals surface area contributed by atoms with Crippen LogP contribution in [0.1, 0.15) is 25.7 Å². The van der Waals surface area contributed by atoms with Gasteiger partial charge in [0.25, 0.3) is 0 Å². The highest BCUT2D eigenvalue weighted by Crippen LogP contribution is 2.23. The van der Waals surface area contributed by atoms with Crippen LogP contribution >= 0.6 is 0 Å². The maximum absolute atomic E-state index is 12.4. The first-order chi connectivity index (χ1) is 9.54. The number of urea groups is 1. The lowest BCUT2D eigenvalue weighted by Gasteiger charge is -2.35. The molecule has 2 saturated heterocycles. The molecule has 20 heavy (non-hydrogen) atoms. The highest BCUT2D eigenvalue weighted by Gasteiger charge is 2.38. The number of rotatable bonds is 2. The Balaban J connectivity index is 2.01. The number of esters is 1. The summed E-state index contributed by atoms with van der Waals surface area (Å²) in [6, 6.07) is -1.01. The molecule has 2 aliphatic rings. The molecule has 2 fully saturated rings. The molecule has 7 nitrogen and oxygen atoms in total. The number of hydrogen-bond donors (Lipinski definition) is 1. The zero-order chi connectivity index (χ0) is 14.7. The summed E-state index contributed by atoms with van der Waals surface area (Å²) in [5.74, 6) is -1.57. The van der Waals surface area contributed by atoms with Crippen molar-refractivity contribution in [3.8, 4) is 0 Å². The topological polar surface area (TPSA) is 87.2 Å². The molecule has 2 rings (SSSR count). The monoisotopic (exact) mass is 284 g/mol. The maximum atomic E-state index is 12.4. The lowest BCUT2D eigenvalue weighted by Crippen LogP contribution is -2.51. The predicted molar refractivity (Wildman–Crippen MR) is 69.1 cm³/mol. The van der Waals surface area contributed by atoms with E-state index < -0.39 is 12.0 Å². The van der Waals surface area contributed by atoms with E-state index in [-0.39, 0.29) is 17.9 Å². The lowest BCUT2D eigenvalue weighted by atomic mass is 9.98. The zero-order valence-corrected chi connectivity index (χ0v) is 11.6. The standard InChI is InChI=1S/C13H20N2O5/c1-20-12(18)9-4-2-6-14(8-9)13(19)15-7-3-5-10(15)11(16)17/h9-10H,2-8H2,1H3,(H,16,17). The Morgan fingerprint density at radius 1 is 1.15 bits per heavy atom. The van der Waals surface area contributed by atoms with E-state index in [4.69, 9.17) is 9.84 Å². The van der Waals surface area contributed by atoms with E-state index >= 15 is 0 Å². The SMILES string of the molecule is COC(=O)C1CCCN(C(=O)N2CCCC2C(=O)O)C1. The molecule has 2 aliphatic heterocycles. The van der Waals surface area contributed by atoms with Crippen LogP contribution in [0.25, 0.3) is 0 Å². The van der Waals surface area contributed by atoms with E-state index in [1.165, 1.54) is 12.0 Å². The largest absolute Gasteiger partial charge is 0.480 e. The fourth-order valence-corrected chi connectivity index (χ4v) is 2.94. The molecule has 0 aromatic heterocycles. The van der Waals surface area contributed by atoms with Gasteiger partial charge >= 0.3 is 18.0 Å². The fourth-order valence-electron chi connectivity index (χ4n) is 2.94. The summed E-state index contributed by atoms with van der Waals surface area (Å²) in [7, 11) is 1.34.